The Kier molecular flexibility index (Phi) is 3.76. The topological polar surface area (TPSA) is 55.1 Å². The molecule has 5 heteroatoms. The van der Waals surface area contributed by atoms with Gasteiger partial charge < -0.3 is 9.73 Å². The highest BCUT2D eigenvalue weighted by Crippen LogP contribution is 2.22. The van der Waals surface area contributed by atoms with Crippen LogP contribution in [0, 0.1) is 5.82 Å². The molecule has 2 aromatic carbocycles. The highest BCUT2D eigenvalue weighted by Gasteiger charge is 2.20. The van der Waals surface area contributed by atoms with Crippen LogP contribution in [0.4, 0.5) is 4.39 Å². The molecule has 0 spiro atoms. The van der Waals surface area contributed by atoms with Crippen LogP contribution in [0.2, 0.25) is 0 Å². The van der Waals surface area contributed by atoms with Crippen LogP contribution < -0.4 is 5.32 Å². The predicted octanol–water partition coefficient (Wildman–Crippen LogP) is 3.84. The third-order valence-electron chi connectivity index (χ3n) is 4.43. The van der Waals surface area contributed by atoms with Gasteiger partial charge in [-0.25, -0.2) is 9.37 Å². The van der Waals surface area contributed by atoms with Gasteiger partial charge in [-0.1, -0.05) is 18.2 Å². The molecule has 4 rings (SSSR count). The van der Waals surface area contributed by atoms with Crippen LogP contribution in [0.15, 0.2) is 46.9 Å². The first-order valence-electron chi connectivity index (χ1n) is 8.13. The molecule has 1 amide bonds. The lowest BCUT2D eigenvalue weighted by Crippen LogP contribution is -2.39. The molecule has 1 heterocycles. The number of hydrogen-bond donors (Lipinski definition) is 1. The molecule has 24 heavy (non-hydrogen) atoms. The van der Waals surface area contributed by atoms with Gasteiger partial charge in [0, 0.05) is 11.6 Å². The fourth-order valence-electron chi connectivity index (χ4n) is 2.82. The van der Waals surface area contributed by atoms with Crippen molar-refractivity contribution in [2.45, 2.75) is 31.7 Å². The number of halogens is 1. The van der Waals surface area contributed by atoms with Crippen molar-refractivity contribution >= 4 is 17.0 Å². The zero-order valence-electron chi connectivity index (χ0n) is 13.1. The van der Waals surface area contributed by atoms with E-state index in [2.05, 4.69) is 10.3 Å². The fraction of sp³-hybridized carbons (Fsp3) is 0.263. The van der Waals surface area contributed by atoms with E-state index in [1.807, 2.05) is 0 Å². The number of fused-ring (bicyclic) bond motifs is 1. The van der Waals surface area contributed by atoms with E-state index in [1.165, 1.54) is 12.5 Å². The number of carbonyl (C=O) groups excluding carboxylic acids is 1. The van der Waals surface area contributed by atoms with E-state index in [-0.39, 0.29) is 18.1 Å². The minimum atomic E-state index is -0.277. The summed E-state index contributed by atoms with van der Waals surface area (Å²) >= 11 is 0. The van der Waals surface area contributed by atoms with E-state index >= 15 is 0 Å². The number of rotatable bonds is 4. The van der Waals surface area contributed by atoms with Crippen molar-refractivity contribution in [3.63, 3.8) is 0 Å². The molecule has 4 nitrogen and oxygen atoms in total. The molecule has 1 aromatic heterocycles. The number of carbonyl (C=O) groups is 1. The second-order valence-electron chi connectivity index (χ2n) is 6.16. The average molecular weight is 324 g/mol. The van der Waals surface area contributed by atoms with Gasteiger partial charge in [0.25, 0.3) is 5.91 Å². The zero-order chi connectivity index (χ0) is 16.5. The third kappa shape index (κ3) is 2.89. The third-order valence-corrected chi connectivity index (χ3v) is 4.43. The Morgan fingerprint density at radius 1 is 1.25 bits per heavy atom. The summed E-state index contributed by atoms with van der Waals surface area (Å²) in [6.07, 6.45) is 3.54. The number of amides is 1. The van der Waals surface area contributed by atoms with Gasteiger partial charge in [-0.15, -0.1) is 0 Å². The van der Waals surface area contributed by atoms with Crippen LogP contribution in [-0.2, 0) is 6.42 Å². The minimum Gasteiger partial charge on any atom is -0.440 e. The lowest BCUT2D eigenvalue weighted by Gasteiger charge is -2.26. The standard InChI is InChI=1S/C19H17FN2O2/c20-15-7-2-1-4-12(15)11-18-22-16-9-8-13(10-17(16)24-18)19(23)21-14-5-3-6-14/h1-2,4,7-10,14H,3,5-6,11H2,(H,21,23). The largest absolute Gasteiger partial charge is 0.440 e. The maximum atomic E-state index is 13.7. The van der Waals surface area contributed by atoms with Crippen molar-refractivity contribution in [1.29, 1.82) is 0 Å². The van der Waals surface area contributed by atoms with Crippen molar-refractivity contribution in [1.82, 2.24) is 10.3 Å². The molecule has 1 fully saturated rings. The second-order valence-corrected chi connectivity index (χ2v) is 6.16. The molecule has 3 aromatic rings. The normalized spacial score (nSPS) is 14.5. The average Bonchev–Trinajstić information content (AvgIpc) is 2.94. The van der Waals surface area contributed by atoms with E-state index in [0.29, 0.717) is 34.2 Å². The molecule has 0 saturated heterocycles. The van der Waals surface area contributed by atoms with E-state index in [1.54, 1.807) is 36.4 Å². The number of oxazole rings is 1. The Hall–Kier alpha value is -2.69. The fourth-order valence-corrected chi connectivity index (χ4v) is 2.82. The highest BCUT2D eigenvalue weighted by atomic mass is 19.1. The molecule has 1 saturated carbocycles. The predicted molar refractivity (Wildman–Crippen MR) is 88.3 cm³/mol. The zero-order valence-corrected chi connectivity index (χ0v) is 13.1. The summed E-state index contributed by atoms with van der Waals surface area (Å²) in [6, 6.07) is 12.1. The maximum Gasteiger partial charge on any atom is 0.251 e. The lowest BCUT2D eigenvalue weighted by atomic mass is 9.93. The van der Waals surface area contributed by atoms with E-state index < -0.39 is 0 Å². The van der Waals surface area contributed by atoms with Gasteiger partial charge in [0.05, 0.1) is 6.42 Å². The molecule has 0 aliphatic heterocycles. The van der Waals surface area contributed by atoms with Gasteiger partial charge in [0.2, 0.25) is 0 Å². The molecular formula is C19H17FN2O2. The molecule has 0 unspecified atom stereocenters. The maximum absolute atomic E-state index is 13.7. The number of benzene rings is 2. The van der Waals surface area contributed by atoms with Crippen LogP contribution in [0.5, 0.6) is 0 Å². The van der Waals surface area contributed by atoms with Gasteiger partial charge in [0.15, 0.2) is 11.5 Å². The summed E-state index contributed by atoms with van der Waals surface area (Å²) in [5, 5.41) is 3.00. The van der Waals surface area contributed by atoms with Crippen molar-refractivity contribution in [3.8, 4) is 0 Å². The van der Waals surface area contributed by atoms with Gasteiger partial charge in [-0.2, -0.15) is 0 Å². The first-order chi connectivity index (χ1) is 11.7. The van der Waals surface area contributed by atoms with Crippen LogP contribution in [0.3, 0.4) is 0 Å². The van der Waals surface area contributed by atoms with Gasteiger partial charge in [-0.3, -0.25) is 4.79 Å². The first-order valence-corrected chi connectivity index (χ1v) is 8.13. The Labute approximate surface area is 138 Å². The Morgan fingerprint density at radius 2 is 2.08 bits per heavy atom. The first kappa shape index (κ1) is 14.9. The van der Waals surface area contributed by atoms with Crippen molar-refractivity contribution in [3.05, 3.63) is 65.3 Å². The molecule has 0 atom stereocenters. The number of nitrogens with zero attached hydrogens (tertiary/aromatic N) is 1. The van der Waals surface area contributed by atoms with Crippen molar-refractivity contribution < 1.29 is 13.6 Å². The van der Waals surface area contributed by atoms with Crippen LogP contribution in [-0.4, -0.2) is 16.9 Å². The van der Waals surface area contributed by atoms with E-state index in [9.17, 15) is 9.18 Å². The quantitative estimate of drug-likeness (QED) is 0.793. The number of aromatic nitrogens is 1. The second kappa shape index (κ2) is 6.07. The van der Waals surface area contributed by atoms with Crippen LogP contribution in [0.25, 0.3) is 11.1 Å². The van der Waals surface area contributed by atoms with Crippen LogP contribution in [0.1, 0.15) is 41.1 Å². The smallest absolute Gasteiger partial charge is 0.251 e. The van der Waals surface area contributed by atoms with E-state index in [0.717, 1.165) is 12.8 Å². The van der Waals surface area contributed by atoms with Gasteiger partial charge in [-0.05, 0) is 49.1 Å². The molecule has 1 N–H and O–H groups in total. The molecular weight excluding hydrogens is 307 g/mol. The Morgan fingerprint density at radius 3 is 2.83 bits per heavy atom. The van der Waals surface area contributed by atoms with Gasteiger partial charge >= 0.3 is 0 Å². The summed E-state index contributed by atoms with van der Waals surface area (Å²) in [5.74, 6) is 0.0700. The minimum absolute atomic E-state index is 0.0892. The SMILES string of the molecule is O=C(NC1CCC1)c1ccc2nc(Cc3ccccc3F)oc2c1. The monoisotopic (exact) mass is 324 g/mol. The number of nitrogens with one attached hydrogen (secondary N) is 1. The molecule has 1 aliphatic rings. The van der Waals surface area contributed by atoms with Crippen molar-refractivity contribution in [2.24, 2.45) is 0 Å². The molecule has 0 radical (unpaired) electrons. The highest BCUT2D eigenvalue weighted by molar-refractivity contribution is 5.97. The summed E-state index contributed by atoms with van der Waals surface area (Å²) in [6.45, 7) is 0. The summed E-state index contributed by atoms with van der Waals surface area (Å²) in [5.41, 5.74) is 2.30. The molecule has 1 aliphatic carbocycles. The Bertz CT molecular complexity index is 899. The number of hydrogen-bond acceptors (Lipinski definition) is 3. The summed E-state index contributed by atoms with van der Waals surface area (Å²) in [4.78, 5) is 16.6. The molecule has 0 bridgehead atoms. The van der Waals surface area contributed by atoms with Gasteiger partial charge in [0.1, 0.15) is 11.3 Å². The van der Waals surface area contributed by atoms with Crippen molar-refractivity contribution in [2.75, 3.05) is 0 Å². The Balaban J connectivity index is 1.56. The molecule has 122 valence electrons. The van der Waals surface area contributed by atoms with Crippen LogP contribution >= 0.6 is 0 Å². The summed E-state index contributed by atoms with van der Waals surface area (Å²) in [7, 11) is 0. The lowest BCUT2D eigenvalue weighted by molar-refractivity contribution is 0.0917. The van der Waals surface area contributed by atoms with E-state index in [4.69, 9.17) is 4.42 Å². The summed E-state index contributed by atoms with van der Waals surface area (Å²) < 4.78 is 19.4.